The predicted molar refractivity (Wildman–Crippen MR) is 106 cm³/mol. The summed E-state index contributed by atoms with van der Waals surface area (Å²) in [5.74, 6) is -0.749. The molecule has 0 saturated heterocycles. The van der Waals surface area contributed by atoms with Gasteiger partial charge in [0.2, 0.25) is 5.91 Å². The topological polar surface area (TPSA) is 53.9 Å². The van der Waals surface area contributed by atoms with Crippen molar-refractivity contribution in [2.75, 3.05) is 25.5 Å². The zero-order valence-electron chi connectivity index (χ0n) is 16.2. The molecule has 7 heteroatoms. The summed E-state index contributed by atoms with van der Waals surface area (Å²) in [6.45, 7) is 6.73. The molecule has 0 aliphatic heterocycles. The van der Waals surface area contributed by atoms with Crippen LogP contribution in [0.2, 0.25) is 0 Å². The van der Waals surface area contributed by atoms with Gasteiger partial charge in [0.1, 0.15) is 18.9 Å². The number of thiophene rings is 1. The van der Waals surface area contributed by atoms with Gasteiger partial charge in [0, 0.05) is 16.8 Å². The van der Waals surface area contributed by atoms with Gasteiger partial charge in [-0.2, -0.15) is 11.3 Å². The van der Waals surface area contributed by atoms with Gasteiger partial charge in [0.25, 0.3) is 5.91 Å². The monoisotopic (exact) mass is 392 g/mol. The van der Waals surface area contributed by atoms with Gasteiger partial charge >= 0.3 is 0 Å². The Morgan fingerprint density at radius 2 is 1.85 bits per heavy atom. The molecule has 2 rings (SSSR count). The third kappa shape index (κ3) is 6.77. The van der Waals surface area contributed by atoms with Crippen LogP contribution in [0.4, 0.5) is 10.1 Å². The maximum atomic E-state index is 13.0. The van der Waals surface area contributed by atoms with Crippen molar-refractivity contribution in [3.05, 3.63) is 52.5 Å². The number of likely N-dealkylation sites (N-methyl/N-ethyl adjacent to an activating group) is 1. The molecule has 0 spiro atoms. The second-order valence-electron chi connectivity index (χ2n) is 7.65. The summed E-state index contributed by atoms with van der Waals surface area (Å²) in [5, 5.41) is 6.81. The van der Waals surface area contributed by atoms with Crippen molar-refractivity contribution < 1.29 is 18.9 Å². The number of nitrogens with zero attached hydrogens (tertiary/aromatic N) is 1. The minimum Gasteiger partial charge on any atom is -0.326 e. The zero-order valence-corrected chi connectivity index (χ0v) is 17.0. The van der Waals surface area contributed by atoms with Crippen molar-refractivity contribution in [1.29, 1.82) is 0 Å². The van der Waals surface area contributed by atoms with Crippen LogP contribution in [0.5, 0.6) is 0 Å². The highest BCUT2D eigenvalue weighted by Gasteiger charge is 2.30. The first-order valence-electron chi connectivity index (χ1n) is 8.83. The Bertz CT molecular complexity index is 755. The summed E-state index contributed by atoms with van der Waals surface area (Å²) >= 11 is 1.64. The minimum atomic E-state index is -0.486. The molecule has 1 heterocycles. The van der Waals surface area contributed by atoms with Gasteiger partial charge in [-0.05, 0) is 61.9 Å². The average Bonchev–Trinajstić information content (AvgIpc) is 3.06. The van der Waals surface area contributed by atoms with Gasteiger partial charge in [0.05, 0.1) is 7.05 Å². The molecule has 2 aromatic rings. The summed E-state index contributed by atoms with van der Waals surface area (Å²) in [7, 11) is 1.97. The first kappa shape index (κ1) is 21.1. The van der Waals surface area contributed by atoms with E-state index in [1.54, 1.807) is 16.2 Å². The van der Waals surface area contributed by atoms with Crippen molar-refractivity contribution in [1.82, 2.24) is 4.90 Å². The highest BCUT2D eigenvalue weighted by Crippen LogP contribution is 2.14. The molecule has 0 fully saturated rings. The lowest BCUT2D eigenvalue weighted by Crippen LogP contribution is -3.09. The SMILES string of the molecule is C[NH+](CC(=O)N(CC(=O)Nc1ccc(F)cc1)C(C)(C)C)Cc1ccsc1. The number of nitrogens with one attached hydrogen (secondary N) is 2. The second-order valence-corrected chi connectivity index (χ2v) is 8.43. The molecule has 146 valence electrons. The van der Waals surface area contributed by atoms with Crippen LogP contribution in [-0.4, -0.2) is 42.4 Å². The first-order valence-corrected chi connectivity index (χ1v) is 9.77. The number of anilines is 1. The van der Waals surface area contributed by atoms with Gasteiger partial charge in [0.15, 0.2) is 6.54 Å². The smallest absolute Gasteiger partial charge is 0.278 e. The average molecular weight is 393 g/mol. The quantitative estimate of drug-likeness (QED) is 0.759. The highest BCUT2D eigenvalue weighted by atomic mass is 32.1. The van der Waals surface area contributed by atoms with Gasteiger partial charge in [-0.25, -0.2) is 4.39 Å². The zero-order chi connectivity index (χ0) is 20.0. The van der Waals surface area contributed by atoms with E-state index in [2.05, 4.69) is 16.8 Å². The Morgan fingerprint density at radius 3 is 2.41 bits per heavy atom. The van der Waals surface area contributed by atoms with Gasteiger partial charge in [-0.1, -0.05) is 0 Å². The van der Waals surface area contributed by atoms with Crippen molar-refractivity contribution >= 4 is 28.8 Å². The first-order chi connectivity index (χ1) is 12.6. The maximum Gasteiger partial charge on any atom is 0.278 e. The Kier molecular flexibility index (Phi) is 7.10. The van der Waals surface area contributed by atoms with Gasteiger partial charge in [-0.15, -0.1) is 0 Å². The fourth-order valence-corrected chi connectivity index (χ4v) is 3.40. The summed E-state index contributed by atoms with van der Waals surface area (Å²) in [4.78, 5) is 27.9. The van der Waals surface area contributed by atoms with Crippen LogP contribution >= 0.6 is 11.3 Å². The third-order valence-corrected chi connectivity index (χ3v) is 4.81. The lowest BCUT2D eigenvalue weighted by molar-refractivity contribution is -0.885. The predicted octanol–water partition coefficient (Wildman–Crippen LogP) is 2.17. The Hall–Kier alpha value is -2.25. The van der Waals surface area contributed by atoms with Crippen LogP contribution in [0.3, 0.4) is 0 Å². The minimum absolute atomic E-state index is 0.0502. The van der Waals surface area contributed by atoms with E-state index in [1.165, 1.54) is 29.8 Å². The number of rotatable bonds is 7. The number of hydrogen-bond donors (Lipinski definition) is 2. The molecule has 0 saturated carbocycles. The summed E-state index contributed by atoms with van der Waals surface area (Å²) in [5.41, 5.74) is 1.21. The lowest BCUT2D eigenvalue weighted by Gasteiger charge is -2.35. The summed E-state index contributed by atoms with van der Waals surface area (Å²) < 4.78 is 13.0. The van der Waals surface area contributed by atoms with Crippen molar-refractivity contribution in [3.8, 4) is 0 Å². The molecule has 1 aromatic heterocycles. The van der Waals surface area contributed by atoms with E-state index < -0.39 is 5.54 Å². The van der Waals surface area contributed by atoms with E-state index in [0.717, 1.165) is 11.4 Å². The molecular weight excluding hydrogens is 365 g/mol. The summed E-state index contributed by atoms with van der Waals surface area (Å²) in [6.07, 6.45) is 0. The summed E-state index contributed by atoms with van der Waals surface area (Å²) in [6, 6.07) is 7.61. The number of quaternary nitrogens is 1. The van der Waals surface area contributed by atoms with E-state index in [9.17, 15) is 14.0 Å². The number of halogens is 1. The fourth-order valence-electron chi connectivity index (χ4n) is 2.73. The van der Waals surface area contributed by atoms with E-state index in [1.807, 2.05) is 33.2 Å². The third-order valence-electron chi connectivity index (χ3n) is 4.08. The number of carbonyl (C=O) groups is 2. The van der Waals surface area contributed by atoms with Crippen LogP contribution in [-0.2, 0) is 16.1 Å². The van der Waals surface area contributed by atoms with Crippen molar-refractivity contribution in [2.45, 2.75) is 32.9 Å². The van der Waals surface area contributed by atoms with Gasteiger partial charge < -0.3 is 15.1 Å². The number of amides is 2. The molecule has 1 aromatic carbocycles. The second kappa shape index (κ2) is 9.10. The number of benzene rings is 1. The molecule has 2 amide bonds. The van der Waals surface area contributed by atoms with Crippen LogP contribution in [0, 0.1) is 5.82 Å². The van der Waals surface area contributed by atoms with Crippen LogP contribution in [0.1, 0.15) is 26.3 Å². The van der Waals surface area contributed by atoms with Crippen LogP contribution < -0.4 is 10.2 Å². The molecule has 27 heavy (non-hydrogen) atoms. The Balaban J connectivity index is 1.97. The van der Waals surface area contributed by atoms with Crippen molar-refractivity contribution in [3.63, 3.8) is 0 Å². The molecule has 1 atom stereocenters. The van der Waals surface area contributed by atoms with Crippen molar-refractivity contribution in [2.24, 2.45) is 0 Å². The molecular formula is C20H27FN3O2S+. The van der Waals surface area contributed by atoms with E-state index >= 15 is 0 Å². The highest BCUT2D eigenvalue weighted by molar-refractivity contribution is 7.07. The van der Waals surface area contributed by atoms with E-state index in [4.69, 9.17) is 0 Å². The fraction of sp³-hybridized carbons (Fsp3) is 0.400. The standard InChI is InChI=1S/C20H26FN3O2S/c1-20(2,3)24(12-18(25)22-17-7-5-16(21)6-8-17)19(26)13-23(4)11-15-9-10-27-14-15/h5-10,14H,11-13H2,1-4H3,(H,22,25)/p+1. The molecule has 5 nitrogen and oxygen atoms in total. The largest absolute Gasteiger partial charge is 0.326 e. The molecule has 0 bridgehead atoms. The molecule has 2 N–H and O–H groups in total. The normalized spacial score (nSPS) is 12.5. The molecule has 0 aliphatic rings. The molecule has 1 unspecified atom stereocenters. The van der Waals surface area contributed by atoms with E-state index in [-0.39, 0.29) is 24.2 Å². The van der Waals surface area contributed by atoms with Crippen LogP contribution in [0.25, 0.3) is 0 Å². The van der Waals surface area contributed by atoms with Crippen LogP contribution in [0.15, 0.2) is 41.1 Å². The lowest BCUT2D eigenvalue weighted by atomic mass is 10.1. The Labute approximate surface area is 163 Å². The number of hydrogen-bond acceptors (Lipinski definition) is 3. The maximum absolute atomic E-state index is 13.0. The Morgan fingerprint density at radius 1 is 1.19 bits per heavy atom. The number of carbonyl (C=O) groups excluding carboxylic acids is 2. The van der Waals surface area contributed by atoms with Gasteiger partial charge in [-0.3, -0.25) is 9.59 Å². The van der Waals surface area contributed by atoms with E-state index in [0.29, 0.717) is 12.2 Å². The molecule has 0 radical (unpaired) electrons. The molecule has 0 aliphatic carbocycles.